The van der Waals surface area contributed by atoms with E-state index >= 15 is 0 Å². The second-order valence-electron chi connectivity index (χ2n) is 9.95. The minimum Gasteiger partial charge on any atom is -0.379 e. The van der Waals surface area contributed by atoms with Crippen LogP contribution in [0.15, 0.2) is 52.5 Å². The van der Waals surface area contributed by atoms with Gasteiger partial charge in [-0.3, -0.25) is 14.1 Å². The number of benzene rings is 1. The molecule has 3 heterocycles. The zero-order valence-corrected chi connectivity index (χ0v) is 21.1. The predicted octanol–water partition coefficient (Wildman–Crippen LogP) is 4.23. The van der Waals surface area contributed by atoms with Gasteiger partial charge in [0.25, 0.3) is 0 Å². The van der Waals surface area contributed by atoms with Gasteiger partial charge in [-0.1, -0.05) is 50.5 Å². The van der Waals surface area contributed by atoms with E-state index in [0.717, 1.165) is 61.8 Å². The van der Waals surface area contributed by atoms with Gasteiger partial charge in [0.15, 0.2) is 0 Å². The second kappa shape index (κ2) is 10.7. The molecule has 9 nitrogen and oxygen atoms in total. The van der Waals surface area contributed by atoms with Gasteiger partial charge in [0.2, 0.25) is 5.82 Å². The van der Waals surface area contributed by atoms with Crippen molar-refractivity contribution in [1.29, 1.82) is 0 Å². The second-order valence-corrected chi connectivity index (χ2v) is 9.95. The van der Waals surface area contributed by atoms with Gasteiger partial charge in [-0.15, -0.1) is 10.2 Å². The van der Waals surface area contributed by atoms with Crippen molar-refractivity contribution < 1.29 is 4.74 Å². The van der Waals surface area contributed by atoms with Crippen LogP contribution in [0, 0.1) is 0 Å². The number of aryl methyl sites for hydroxylation is 1. The summed E-state index contributed by atoms with van der Waals surface area (Å²) in [6.07, 6.45) is 16.0. The SMILES string of the molecule is CCCCc1cn(C2CCCCC2OC)c(=O)n1CC1(c2cccc(-c3nn[nH]n3)c2)C=CN=CC1. The molecular formula is C27H35N7O2. The molecule has 0 spiro atoms. The summed E-state index contributed by atoms with van der Waals surface area (Å²) >= 11 is 0. The van der Waals surface area contributed by atoms with Gasteiger partial charge in [-0.05, 0) is 48.9 Å². The number of ether oxygens (including phenoxy) is 1. The molecule has 1 aromatic carbocycles. The van der Waals surface area contributed by atoms with E-state index in [-0.39, 0.29) is 17.8 Å². The Balaban J connectivity index is 1.56. The zero-order valence-electron chi connectivity index (χ0n) is 21.1. The number of nitrogens with zero attached hydrogens (tertiary/aromatic N) is 6. The Kier molecular flexibility index (Phi) is 7.27. The molecule has 2 aliphatic rings. The van der Waals surface area contributed by atoms with Crippen molar-refractivity contribution in [2.24, 2.45) is 4.99 Å². The van der Waals surface area contributed by atoms with Gasteiger partial charge >= 0.3 is 5.69 Å². The molecule has 36 heavy (non-hydrogen) atoms. The van der Waals surface area contributed by atoms with E-state index in [1.807, 2.05) is 33.7 Å². The van der Waals surface area contributed by atoms with Crippen molar-refractivity contribution in [1.82, 2.24) is 29.8 Å². The molecule has 3 aromatic rings. The summed E-state index contributed by atoms with van der Waals surface area (Å²) in [5, 5.41) is 14.5. The first-order valence-electron chi connectivity index (χ1n) is 13.0. The third kappa shape index (κ3) is 4.72. The Morgan fingerprint density at radius 2 is 2.14 bits per heavy atom. The number of aliphatic imine (C=N–C) groups is 1. The van der Waals surface area contributed by atoms with E-state index in [1.54, 1.807) is 7.11 Å². The molecule has 190 valence electrons. The Bertz CT molecular complexity index is 1270. The molecule has 1 N–H and O–H groups in total. The minimum absolute atomic E-state index is 0.0552. The summed E-state index contributed by atoms with van der Waals surface area (Å²) in [5.74, 6) is 0.551. The number of hydrogen-bond donors (Lipinski definition) is 1. The molecule has 3 atom stereocenters. The van der Waals surface area contributed by atoms with Gasteiger partial charge in [0.05, 0.1) is 12.1 Å². The lowest BCUT2D eigenvalue weighted by Gasteiger charge is -2.33. The summed E-state index contributed by atoms with van der Waals surface area (Å²) in [6, 6.07) is 8.29. The summed E-state index contributed by atoms with van der Waals surface area (Å²) in [4.78, 5) is 18.3. The molecule has 0 radical (unpaired) electrons. The molecule has 1 saturated carbocycles. The lowest BCUT2D eigenvalue weighted by Crippen LogP contribution is -2.40. The summed E-state index contributed by atoms with van der Waals surface area (Å²) in [6.45, 7) is 2.73. The molecule has 3 unspecified atom stereocenters. The number of imidazole rings is 1. The van der Waals surface area contributed by atoms with E-state index < -0.39 is 5.41 Å². The smallest absolute Gasteiger partial charge is 0.328 e. The molecule has 0 amide bonds. The van der Waals surface area contributed by atoms with Crippen LogP contribution in [0.1, 0.15) is 69.2 Å². The van der Waals surface area contributed by atoms with Crippen LogP contribution < -0.4 is 5.69 Å². The Morgan fingerprint density at radius 3 is 2.89 bits per heavy atom. The van der Waals surface area contributed by atoms with Crippen LogP contribution in [0.25, 0.3) is 11.4 Å². The van der Waals surface area contributed by atoms with E-state index in [9.17, 15) is 4.79 Å². The molecule has 1 aliphatic heterocycles. The van der Waals surface area contributed by atoms with Crippen molar-refractivity contribution in [3.05, 3.63) is 64.5 Å². The van der Waals surface area contributed by atoms with E-state index in [2.05, 4.69) is 56.9 Å². The predicted molar refractivity (Wildman–Crippen MR) is 139 cm³/mol. The topological polar surface area (TPSA) is 103 Å². The lowest BCUT2D eigenvalue weighted by molar-refractivity contribution is 0.0276. The summed E-state index contributed by atoms with van der Waals surface area (Å²) < 4.78 is 9.78. The van der Waals surface area contributed by atoms with Crippen LogP contribution in [0.2, 0.25) is 0 Å². The highest BCUT2D eigenvalue weighted by molar-refractivity contribution is 5.65. The van der Waals surface area contributed by atoms with Crippen molar-refractivity contribution in [2.75, 3.05) is 7.11 Å². The Hall–Kier alpha value is -3.33. The third-order valence-corrected chi connectivity index (χ3v) is 7.72. The highest BCUT2D eigenvalue weighted by atomic mass is 16.5. The molecule has 1 aliphatic carbocycles. The first-order valence-corrected chi connectivity index (χ1v) is 13.0. The van der Waals surface area contributed by atoms with Crippen molar-refractivity contribution in [3.8, 4) is 11.4 Å². The maximum atomic E-state index is 14.0. The summed E-state index contributed by atoms with van der Waals surface area (Å²) in [5.41, 5.74) is 2.72. The number of nitrogens with one attached hydrogen (secondary N) is 1. The van der Waals surface area contributed by atoms with E-state index in [0.29, 0.717) is 18.8 Å². The Labute approximate surface area is 211 Å². The zero-order chi connectivity index (χ0) is 25.0. The maximum Gasteiger partial charge on any atom is 0.328 e. The molecule has 0 saturated heterocycles. The maximum absolute atomic E-state index is 14.0. The van der Waals surface area contributed by atoms with E-state index in [4.69, 9.17) is 4.74 Å². The number of aromatic amines is 1. The standard InChI is InChI=1S/C27H35N7O2/c1-3-4-10-22-18-33(23-11-5-6-12-24(23)36-2)26(35)34(22)19-27(13-15-28-16-14-27)21-9-7-8-20(17-21)25-29-31-32-30-25/h7-9,13,15-18,23-24H,3-6,10-12,14,19H2,1-2H3,(H,29,30,31,32). The molecule has 2 aromatic heterocycles. The average molecular weight is 490 g/mol. The number of H-pyrrole nitrogens is 1. The van der Waals surface area contributed by atoms with Gasteiger partial charge < -0.3 is 4.74 Å². The number of rotatable bonds is 9. The van der Waals surface area contributed by atoms with Gasteiger partial charge in [0, 0.05) is 48.9 Å². The number of allylic oxidation sites excluding steroid dienone is 1. The molecule has 9 heteroatoms. The lowest BCUT2D eigenvalue weighted by atomic mass is 9.76. The minimum atomic E-state index is -0.411. The number of unbranched alkanes of at least 4 members (excludes halogenated alkanes) is 1. The number of tetrazole rings is 1. The fourth-order valence-corrected chi connectivity index (χ4v) is 5.67. The molecule has 1 fully saturated rings. The normalized spacial score (nSPS) is 23.8. The number of methoxy groups -OCH3 is 1. The van der Waals surface area contributed by atoms with Gasteiger partial charge in [-0.25, -0.2) is 4.79 Å². The average Bonchev–Trinajstić information content (AvgIpc) is 3.57. The molecule has 5 rings (SSSR count). The van der Waals surface area contributed by atoms with Crippen LogP contribution in [0.3, 0.4) is 0 Å². The first-order chi connectivity index (χ1) is 17.6. The number of aromatic nitrogens is 6. The van der Waals surface area contributed by atoms with Crippen molar-refractivity contribution in [3.63, 3.8) is 0 Å². The van der Waals surface area contributed by atoms with Crippen LogP contribution >= 0.6 is 0 Å². The number of hydrogen-bond acceptors (Lipinski definition) is 6. The third-order valence-electron chi connectivity index (χ3n) is 7.72. The first kappa shape index (κ1) is 24.4. The van der Waals surface area contributed by atoms with Crippen molar-refractivity contribution in [2.45, 2.75) is 82.4 Å². The fraction of sp³-hybridized carbons (Fsp3) is 0.519. The largest absolute Gasteiger partial charge is 0.379 e. The van der Waals surface area contributed by atoms with Crippen molar-refractivity contribution >= 4 is 6.21 Å². The van der Waals surface area contributed by atoms with Gasteiger partial charge in [-0.2, -0.15) is 5.21 Å². The van der Waals surface area contributed by atoms with E-state index in [1.165, 1.54) is 0 Å². The van der Waals surface area contributed by atoms with Crippen LogP contribution in [-0.4, -0.2) is 49.2 Å². The summed E-state index contributed by atoms with van der Waals surface area (Å²) in [7, 11) is 1.76. The van der Waals surface area contributed by atoms with Gasteiger partial charge in [0.1, 0.15) is 0 Å². The monoisotopic (exact) mass is 489 g/mol. The van der Waals surface area contributed by atoms with Crippen LogP contribution in [-0.2, 0) is 23.1 Å². The molecule has 0 bridgehead atoms. The highest BCUT2D eigenvalue weighted by Crippen LogP contribution is 2.36. The fourth-order valence-electron chi connectivity index (χ4n) is 5.67. The van der Waals surface area contributed by atoms with Crippen LogP contribution in [0.4, 0.5) is 0 Å². The Morgan fingerprint density at radius 1 is 1.25 bits per heavy atom. The molecular weight excluding hydrogens is 454 g/mol. The van der Waals surface area contributed by atoms with Crippen LogP contribution in [0.5, 0.6) is 0 Å². The quantitative estimate of drug-likeness (QED) is 0.485. The highest BCUT2D eigenvalue weighted by Gasteiger charge is 2.35.